The lowest BCUT2D eigenvalue weighted by molar-refractivity contribution is 0.0988. The van der Waals surface area contributed by atoms with Crippen molar-refractivity contribution in [1.29, 1.82) is 0 Å². The van der Waals surface area contributed by atoms with Gasteiger partial charge in [0.2, 0.25) is 0 Å². The van der Waals surface area contributed by atoms with Crippen LogP contribution in [0.4, 0.5) is 11.4 Å². The summed E-state index contributed by atoms with van der Waals surface area (Å²) >= 11 is 5.16. The van der Waals surface area contributed by atoms with Gasteiger partial charge in [0, 0.05) is 30.0 Å². The molecule has 0 spiro atoms. The second-order valence-electron chi connectivity index (χ2n) is 5.09. The van der Waals surface area contributed by atoms with Crippen molar-refractivity contribution in [1.82, 2.24) is 5.32 Å². The third-order valence-electron chi connectivity index (χ3n) is 3.43. The zero-order chi connectivity index (χ0) is 17.4. The van der Waals surface area contributed by atoms with Crippen LogP contribution in [0.2, 0.25) is 0 Å². The molecule has 0 radical (unpaired) electrons. The van der Waals surface area contributed by atoms with E-state index in [0.717, 1.165) is 11.4 Å². The van der Waals surface area contributed by atoms with E-state index in [1.807, 2.05) is 49.4 Å². The molecule has 1 amide bonds. The van der Waals surface area contributed by atoms with E-state index in [9.17, 15) is 4.79 Å². The number of amides is 1. The molecule has 5 heteroatoms. The van der Waals surface area contributed by atoms with Gasteiger partial charge in [-0.2, -0.15) is 0 Å². The standard InChI is InChI=1S/C19H21N3OS/c1-3-14-20-19(24)21-16-12-10-15(11-13-16)18(23)22(4-2)17-8-6-5-7-9-17/h3,5-13H,1,4,14H2,2H3,(H2,20,21,24). The van der Waals surface area contributed by atoms with Gasteiger partial charge in [-0.15, -0.1) is 6.58 Å². The van der Waals surface area contributed by atoms with Gasteiger partial charge in [0.05, 0.1) is 0 Å². The molecular formula is C19H21N3OS. The SMILES string of the molecule is C=CCNC(=S)Nc1ccc(C(=O)N(CC)c2ccccc2)cc1. The Morgan fingerprint density at radius 1 is 1.17 bits per heavy atom. The van der Waals surface area contributed by atoms with Gasteiger partial charge in [-0.3, -0.25) is 4.79 Å². The molecule has 24 heavy (non-hydrogen) atoms. The van der Waals surface area contributed by atoms with Crippen molar-refractivity contribution in [2.24, 2.45) is 0 Å². The summed E-state index contributed by atoms with van der Waals surface area (Å²) < 4.78 is 0. The maximum absolute atomic E-state index is 12.7. The van der Waals surface area contributed by atoms with E-state index in [-0.39, 0.29) is 5.91 Å². The number of nitrogens with one attached hydrogen (secondary N) is 2. The first-order chi connectivity index (χ1) is 11.7. The summed E-state index contributed by atoms with van der Waals surface area (Å²) in [6.45, 7) is 6.80. The van der Waals surface area contributed by atoms with E-state index < -0.39 is 0 Å². The van der Waals surface area contributed by atoms with Crippen LogP contribution in [0.15, 0.2) is 67.3 Å². The van der Waals surface area contributed by atoms with Gasteiger partial charge in [-0.05, 0) is 55.5 Å². The lowest BCUT2D eigenvalue weighted by Crippen LogP contribution is -2.30. The third kappa shape index (κ3) is 4.67. The smallest absolute Gasteiger partial charge is 0.258 e. The van der Waals surface area contributed by atoms with Crippen molar-refractivity contribution in [2.45, 2.75) is 6.92 Å². The fraction of sp³-hybridized carbons (Fsp3) is 0.158. The lowest BCUT2D eigenvalue weighted by atomic mass is 10.1. The van der Waals surface area contributed by atoms with Gasteiger partial charge in [-0.25, -0.2) is 0 Å². The molecule has 0 aliphatic rings. The van der Waals surface area contributed by atoms with Crippen LogP contribution in [0.1, 0.15) is 17.3 Å². The largest absolute Gasteiger partial charge is 0.359 e. The molecule has 2 rings (SSSR count). The molecule has 0 unspecified atom stereocenters. The van der Waals surface area contributed by atoms with Crippen molar-refractivity contribution in [3.63, 3.8) is 0 Å². The van der Waals surface area contributed by atoms with Gasteiger partial charge in [0.15, 0.2) is 5.11 Å². The summed E-state index contributed by atoms with van der Waals surface area (Å²) in [5.74, 6) is -0.0254. The Hall–Kier alpha value is -2.66. The number of hydrogen-bond donors (Lipinski definition) is 2. The summed E-state index contributed by atoms with van der Waals surface area (Å²) in [4.78, 5) is 14.5. The van der Waals surface area contributed by atoms with E-state index >= 15 is 0 Å². The number of rotatable bonds is 6. The first-order valence-electron chi connectivity index (χ1n) is 7.78. The van der Waals surface area contributed by atoms with Crippen LogP contribution in [-0.2, 0) is 0 Å². The molecule has 0 aliphatic carbocycles. The van der Waals surface area contributed by atoms with Crippen LogP contribution in [0.3, 0.4) is 0 Å². The highest BCUT2D eigenvalue weighted by molar-refractivity contribution is 7.80. The van der Waals surface area contributed by atoms with E-state index in [0.29, 0.717) is 23.8 Å². The van der Waals surface area contributed by atoms with Gasteiger partial charge in [-0.1, -0.05) is 24.3 Å². The van der Waals surface area contributed by atoms with E-state index in [4.69, 9.17) is 12.2 Å². The molecule has 0 heterocycles. The zero-order valence-electron chi connectivity index (χ0n) is 13.7. The Morgan fingerprint density at radius 3 is 2.42 bits per heavy atom. The molecule has 0 atom stereocenters. The highest BCUT2D eigenvalue weighted by atomic mass is 32.1. The molecule has 2 aromatic carbocycles. The van der Waals surface area contributed by atoms with Crippen LogP contribution in [0.5, 0.6) is 0 Å². The summed E-state index contributed by atoms with van der Waals surface area (Å²) in [7, 11) is 0. The molecule has 0 saturated carbocycles. The van der Waals surface area contributed by atoms with Crippen LogP contribution in [0, 0.1) is 0 Å². The molecule has 2 N–H and O–H groups in total. The number of thiocarbonyl (C=S) groups is 1. The van der Waals surface area contributed by atoms with Crippen LogP contribution in [0.25, 0.3) is 0 Å². The monoisotopic (exact) mass is 339 g/mol. The third-order valence-corrected chi connectivity index (χ3v) is 3.67. The lowest BCUT2D eigenvalue weighted by Gasteiger charge is -2.21. The Kier molecular flexibility index (Phi) is 6.51. The summed E-state index contributed by atoms with van der Waals surface area (Å²) in [5, 5.41) is 6.58. The summed E-state index contributed by atoms with van der Waals surface area (Å²) in [6.07, 6.45) is 1.73. The molecule has 0 saturated heterocycles. The average Bonchev–Trinajstić information content (AvgIpc) is 2.62. The topological polar surface area (TPSA) is 44.4 Å². The molecule has 0 fully saturated rings. The average molecular weight is 339 g/mol. The quantitative estimate of drug-likeness (QED) is 0.620. The molecular weight excluding hydrogens is 318 g/mol. The van der Waals surface area contributed by atoms with Gasteiger partial charge < -0.3 is 15.5 Å². The zero-order valence-corrected chi connectivity index (χ0v) is 14.5. The maximum atomic E-state index is 12.7. The van der Waals surface area contributed by atoms with Gasteiger partial charge in [0.25, 0.3) is 5.91 Å². The number of carbonyl (C=O) groups excluding carboxylic acids is 1. The number of para-hydroxylation sites is 1. The molecule has 2 aromatic rings. The minimum atomic E-state index is -0.0254. The summed E-state index contributed by atoms with van der Waals surface area (Å²) in [6, 6.07) is 16.9. The highest BCUT2D eigenvalue weighted by Crippen LogP contribution is 2.18. The first kappa shape index (κ1) is 17.7. The minimum absolute atomic E-state index is 0.0254. The van der Waals surface area contributed by atoms with Crippen molar-refractivity contribution in [2.75, 3.05) is 23.3 Å². The predicted molar refractivity (Wildman–Crippen MR) is 105 cm³/mol. The number of nitrogens with zero attached hydrogens (tertiary/aromatic N) is 1. The number of anilines is 2. The Labute approximate surface area is 148 Å². The molecule has 0 aromatic heterocycles. The predicted octanol–water partition coefficient (Wildman–Crippen LogP) is 3.83. The summed E-state index contributed by atoms with van der Waals surface area (Å²) in [5.41, 5.74) is 2.36. The van der Waals surface area contributed by atoms with Crippen molar-refractivity contribution >= 4 is 34.6 Å². The second-order valence-corrected chi connectivity index (χ2v) is 5.49. The Balaban J connectivity index is 2.07. The number of carbonyl (C=O) groups is 1. The van der Waals surface area contributed by atoms with Crippen molar-refractivity contribution < 1.29 is 4.79 Å². The van der Waals surface area contributed by atoms with Crippen LogP contribution < -0.4 is 15.5 Å². The van der Waals surface area contributed by atoms with E-state index in [1.54, 1.807) is 23.1 Å². The van der Waals surface area contributed by atoms with Crippen molar-refractivity contribution in [3.05, 3.63) is 72.8 Å². The van der Waals surface area contributed by atoms with Gasteiger partial charge in [0.1, 0.15) is 0 Å². The van der Waals surface area contributed by atoms with E-state index in [1.165, 1.54) is 0 Å². The minimum Gasteiger partial charge on any atom is -0.359 e. The van der Waals surface area contributed by atoms with E-state index in [2.05, 4.69) is 17.2 Å². The highest BCUT2D eigenvalue weighted by Gasteiger charge is 2.15. The fourth-order valence-electron chi connectivity index (χ4n) is 2.24. The second kappa shape index (κ2) is 8.84. The Bertz CT molecular complexity index is 698. The molecule has 4 nitrogen and oxygen atoms in total. The fourth-order valence-corrected chi connectivity index (χ4v) is 2.44. The van der Waals surface area contributed by atoms with Crippen molar-refractivity contribution in [3.8, 4) is 0 Å². The number of benzene rings is 2. The van der Waals surface area contributed by atoms with Crippen LogP contribution >= 0.6 is 12.2 Å². The Morgan fingerprint density at radius 2 is 1.83 bits per heavy atom. The molecule has 0 aliphatic heterocycles. The molecule has 124 valence electrons. The molecule has 0 bridgehead atoms. The number of hydrogen-bond acceptors (Lipinski definition) is 2. The maximum Gasteiger partial charge on any atom is 0.258 e. The first-order valence-corrected chi connectivity index (χ1v) is 8.19. The normalized spacial score (nSPS) is 9.88. The van der Waals surface area contributed by atoms with Crippen LogP contribution in [-0.4, -0.2) is 24.1 Å². The van der Waals surface area contributed by atoms with Gasteiger partial charge >= 0.3 is 0 Å².